The van der Waals surface area contributed by atoms with Crippen molar-refractivity contribution in [2.24, 2.45) is 0 Å². The van der Waals surface area contributed by atoms with E-state index in [1.807, 2.05) is 0 Å². The predicted octanol–water partition coefficient (Wildman–Crippen LogP) is 1.92. The molecule has 1 fully saturated rings. The van der Waals surface area contributed by atoms with E-state index >= 15 is 0 Å². The van der Waals surface area contributed by atoms with Gasteiger partial charge in [0.2, 0.25) is 15.9 Å². The summed E-state index contributed by atoms with van der Waals surface area (Å²) in [4.78, 5) is 13.2. The molecule has 0 aliphatic carbocycles. The van der Waals surface area contributed by atoms with Crippen molar-refractivity contribution < 1.29 is 26.4 Å². The van der Waals surface area contributed by atoms with Crippen molar-refractivity contribution in [2.75, 3.05) is 19.3 Å². The van der Waals surface area contributed by atoms with Crippen molar-refractivity contribution in [3.63, 3.8) is 0 Å². The van der Waals surface area contributed by atoms with Crippen LogP contribution in [0.3, 0.4) is 0 Å². The Bertz CT molecular complexity index is 689. The summed E-state index contributed by atoms with van der Waals surface area (Å²) < 4.78 is 63.8. The van der Waals surface area contributed by atoms with Gasteiger partial charge in [-0.1, -0.05) is 12.1 Å². The number of rotatable bonds is 5. The van der Waals surface area contributed by atoms with Crippen LogP contribution in [0.4, 0.5) is 13.2 Å². The quantitative estimate of drug-likeness (QED) is 0.882. The molecule has 1 aliphatic rings. The van der Waals surface area contributed by atoms with Crippen LogP contribution in [0, 0.1) is 0 Å². The molecule has 0 radical (unpaired) electrons. The second-order valence-electron chi connectivity index (χ2n) is 5.51. The van der Waals surface area contributed by atoms with Gasteiger partial charge in [-0.05, 0) is 24.1 Å². The number of nitrogens with one attached hydrogen (secondary N) is 1. The molecule has 0 spiro atoms. The van der Waals surface area contributed by atoms with Gasteiger partial charge in [0.25, 0.3) is 0 Å². The van der Waals surface area contributed by atoms with E-state index in [1.54, 1.807) is 0 Å². The van der Waals surface area contributed by atoms with Crippen LogP contribution in [0.2, 0.25) is 0 Å². The third kappa shape index (κ3) is 4.93. The highest BCUT2D eigenvalue weighted by Crippen LogP contribution is 2.31. The van der Waals surface area contributed by atoms with Crippen LogP contribution >= 0.6 is 0 Å². The zero-order valence-corrected chi connectivity index (χ0v) is 13.2. The van der Waals surface area contributed by atoms with Gasteiger partial charge in [-0.25, -0.2) is 13.1 Å². The van der Waals surface area contributed by atoms with Gasteiger partial charge >= 0.3 is 6.18 Å². The number of carbonyl (C=O) groups excluding carboxylic acids is 1. The smallest absolute Gasteiger partial charge is 0.341 e. The summed E-state index contributed by atoms with van der Waals surface area (Å²) in [6.07, 6.45) is -2.56. The van der Waals surface area contributed by atoms with Crippen LogP contribution in [0.5, 0.6) is 0 Å². The van der Waals surface area contributed by atoms with E-state index in [1.165, 1.54) is 17.0 Å². The number of hydrogen-bond donors (Lipinski definition) is 1. The standard InChI is InChI=1S/C14H17F3N2O3S/c1-23(21,22)18-12(9-19-7-3-6-13(19)20)10-4-2-5-11(8-10)14(15,16)17/h2,4-5,8,12,18H,3,6-7,9H2,1H3. The first-order valence-corrected chi connectivity index (χ1v) is 8.87. The summed E-state index contributed by atoms with van der Waals surface area (Å²) >= 11 is 0. The average Bonchev–Trinajstić information content (AvgIpc) is 2.81. The van der Waals surface area contributed by atoms with E-state index < -0.39 is 27.8 Å². The molecular weight excluding hydrogens is 333 g/mol. The fraction of sp³-hybridized carbons (Fsp3) is 0.500. The first-order chi connectivity index (χ1) is 10.6. The monoisotopic (exact) mass is 350 g/mol. The van der Waals surface area contributed by atoms with Crippen LogP contribution in [0.1, 0.15) is 30.0 Å². The highest BCUT2D eigenvalue weighted by Gasteiger charge is 2.32. The van der Waals surface area contributed by atoms with Crippen molar-refractivity contribution in [2.45, 2.75) is 25.1 Å². The molecule has 23 heavy (non-hydrogen) atoms. The number of amides is 1. The lowest BCUT2D eigenvalue weighted by Crippen LogP contribution is -2.38. The fourth-order valence-corrected chi connectivity index (χ4v) is 3.25. The fourth-order valence-electron chi connectivity index (χ4n) is 2.52. The highest BCUT2D eigenvalue weighted by atomic mass is 32.2. The number of benzene rings is 1. The first kappa shape index (κ1) is 17.7. The Morgan fingerprint density at radius 3 is 2.57 bits per heavy atom. The van der Waals surface area contributed by atoms with E-state index in [4.69, 9.17) is 0 Å². The third-order valence-corrected chi connectivity index (χ3v) is 4.26. The van der Waals surface area contributed by atoms with Gasteiger partial charge in [0.1, 0.15) is 0 Å². The number of hydrogen-bond acceptors (Lipinski definition) is 3. The van der Waals surface area contributed by atoms with Crippen LogP contribution in [-0.4, -0.2) is 38.6 Å². The number of alkyl halides is 3. The maximum absolute atomic E-state index is 12.8. The highest BCUT2D eigenvalue weighted by molar-refractivity contribution is 7.88. The number of carbonyl (C=O) groups is 1. The molecule has 2 rings (SSSR count). The van der Waals surface area contributed by atoms with Gasteiger partial charge in [-0.2, -0.15) is 13.2 Å². The largest absolute Gasteiger partial charge is 0.416 e. The summed E-state index contributed by atoms with van der Waals surface area (Å²) in [5.41, 5.74) is -0.687. The number of likely N-dealkylation sites (tertiary alicyclic amines) is 1. The van der Waals surface area contributed by atoms with Crippen LogP contribution in [0.15, 0.2) is 24.3 Å². The van der Waals surface area contributed by atoms with Crippen molar-refractivity contribution in [3.8, 4) is 0 Å². The topological polar surface area (TPSA) is 66.5 Å². The van der Waals surface area contributed by atoms with Gasteiger partial charge in [0, 0.05) is 19.5 Å². The molecule has 1 aliphatic heterocycles. The number of halogens is 3. The summed E-state index contributed by atoms with van der Waals surface area (Å²) in [6, 6.07) is 3.54. The minimum Gasteiger partial charge on any atom is -0.341 e. The molecule has 9 heteroatoms. The molecule has 1 N–H and O–H groups in total. The molecule has 0 saturated carbocycles. The molecule has 1 unspecified atom stereocenters. The van der Waals surface area contributed by atoms with Crippen LogP contribution < -0.4 is 4.72 Å². The average molecular weight is 350 g/mol. The number of nitrogens with zero attached hydrogens (tertiary/aromatic N) is 1. The Labute approximate surface area is 132 Å². The van der Waals surface area contributed by atoms with E-state index in [-0.39, 0.29) is 18.0 Å². The Balaban J connectivity index is 2.31. The Hall–Kier alpha value is -1.61. The minimum absolute atomic E-state index is 0.00716. The van der Waals surface area contributed by atoms with E-state index in [0.29, 0.717) is 19.4 Å². The molecular formula is C14H17F3N2O3S. The van der Waals surface area contributed by atoms with E-state index in [9.17, 15) is 26.4 Å². The molecule has 1 saturated heterocycles. The lowest BCUT2D eigenvalue weighted by molar-refractivity contribution is -0.137. The molecule has 1 amide bonds. The van der Waals surface area contributed by atoms with Crippen LogP contribution in [0.25, 0.3) is 0 Å². The Morgan fingerprint density at radius 2 is 2.04 bits per heavy atom. The molecule has 5 nitrogen and oxygen atoms in total. The Morgan fingerprint density at radius 1 is 1.35 bits per heavy atom. The van der Waals surface area contributed by atoms with Gasteiger partial charge in [-0.15, -0.1) is 0 Å². The zero-order valence-electron chi connectivity index (χ0n) is 12.4. The van der Waals surface area contributed by atoms with Crippen molar-refractivity contribution in [3.05, 3.63) is 35.4 Å². The predicted molar refractivity (Wildman–Crippen MR) is 78.0 cm³/mol. The van der Waals surface area contributed by atoms with E-state index in [0.717, 1.165) is 18.4 Å². The molecule has 1 heterocycles. The lowest BCUT2D eigenvalue weighted by Gasteiger charge is -2.25. The molecule has 1 atom stereocenters. The van der Waals surface area contributed by atoms with Crippen LogP contribution in [-0.2, 0) is 21.0 Å². The summed E-state index contributed by atoms with van der Waals surface area (Å²) in [5.74, 6) is -0.128. The molecule has 1 aromatic carbocycles. The van der Waals surface area contributed by atoms with Crippen molar-refractivity contribution in [1.29, 1.82) is 0 Å². The first-order valence-electron chi connectivity index (χ1n) is 6.98. The van der Waals surface area contributed by atoms with E-state index in [2.05, 4.69) is 4.72 Å². The SMILES string of the molecule is CS(=O)(=O)NC(CN1CCCC1=O)c1cccc(C(F)(F)F)c1. The van der Waals surface area contributed by atoms with Gasteiger partial charge in [-0.3, -0.25) is 4.79 Å². The zero-order chi connectivity index (χ0) is 17.3. The molecule has 1 aromatic rings. The molecule has 128 valence electrons. The maximum atomic E-state index is 12.8. The second kappa shape index (κ2) is 6.48. The third-order valence-electron chi connectivity index (χ3n) is 3.55. The number of sulfonamides is 1. The minimum atomic E-state index is -4.52. The van der Waals surface area contributed by atoms with Gasteiger partial charge in [0.05, 0.1) is 17.9 Å². The molecule has 0 aromatic heterocycles. The maximum Gasteiger partial charge on any atom is 0.416 e. The Kier molecular flexibility index (Phi) is 5.00. The lowest BCUT2D eigenvalue weighted by atomic mass is 10.0. The normalized spacial score (nSPS) is 17.6. The molecule has 0 bridgehead atoms. The second-order valence-corrected chi connectivity index (χ2v) is 7.29. The summed E-state index contributed by atoms with van der Waals surface area (Å²) in [6.45, 7) is 0.479. The van der Waals surface area contributed by atoms with Crippen molar-refractivity contribution >= 4 is 15.9 Å². The summed E-state index contributed by atoms with van der Waals surface area (Å²) in [5, 5.41) is 0. The van der Waals surface area contributed by atoms with Gasteiger partial charge in [0.15, 0.2) is 0 Å². The van der Waals surface area contributed by atoms with Crippen molar-refractivity contribution in [1.82, 2.24) is 9.62 Å². The van der Waals surface area contributed by atoms with Gasteiger partial charge < -0.3 is 4.90 Å². The summed E-state index contributed by atoms with van der Waals surface area (Å²) in [7, 11) is -3.65.